The Balaban J connectivity index is 1.42. The number of anilines is 1. The number of ether oxygens (including phenoxy) is 1. The SMILES string of the molecule is COc1ccccc1NC(=O)NCC1CCN(C(=O)c2ccoc2)CC1. The summed E-state index contributed by atoms with van der Waals surface area (Å²) in [5.41, 5.74) is 1.21. The fourth-order valence-electron chi connectivity index (χ4n) is 3.06. The minimum absolute atomic E-state index is 0.000857. The maximum atomic E-state index is 12.3. The summed E-state index contributed by atoms with van der Waals surface area (Å²) in [6.45, 7) is 1.95. The number of hydrogen-bond acceptors (Lipinski definition) is 4. The van der Waals surface area contributed by atoms with Crippen molar-refractivity contribution in [2.24, 2.45) is 5.92 Å². The Labute approximate surface area is 152 Å². The van der Waals surface area contributed by atoms with Crippen molar-refractivity contribution in [2.75, 3.05) is 32.1 Å². The molecule has 1 aromatic carbocycles. The quantitative estimate of drug-likeness (QED) is 0.862. The highest BCUT2D eigenvalue weighted by Gasteiger charge is 2.24. The molecule has 0 bridgehead atoms. The van der Waals surface area contributed by atoms with Crippen molar-refractivity contribution in [1.82, 2.24) is 10.2 Å². The van der Waals surface area contributed by atoms with E-state index in [1.165, 1.54) is 12.5 Å². The number of piperidine rings is 1. The molecule has 1 aromatic heterocycles. The molecule has 1 aliphatic heterocycles. The first-order valence-corrected chi connectivity index (χ1v) is 8.66. The van der Waals surface area contributed by atoms with Crippen LogP contribution in [0.5, 0.6) is 5.75 Å². The molecule has 3 amide bonds. The van der Waals surface area contributed by atoms with Crippen LogP contribution in [0.1, 0.15) is 23.2 Å². The monoisotopic (exact) mass is 357 g/mol. The van der Waals surface area contributed by atoms with Gasteiger partial charge in [-0.25, -0.2) is 4.79 Å². The van der Waals surface area contributed by atoms with Gasteiger partial charge in [0.25, 0.3) is 5.91 Å². The molecule has 26 heavy (non-hydrogen) atoms. The number of methoxy groups -OCH3 is 1. The Morgan fingerprint density at radius 1 is 1.23 bits per heavy atom. The largest absolute Gasteiger partial charge is 0.495 e. The Bertz CT molecular complexity index is 737. The number of para-hydroxylation sites is 2. The lowest BCUT2D eigenvalue weighted by atomic mass is 9.96. The van der Waals surface area contributed by atoms with Crippen LogP contribution < -0.4 is 15.4 Å². The van der Waals surface area contributed by atoms with E-state index in [1.54, 1.807) is 25.3 Å². The van der Waals surface area contributed by atoms with Crippen molar-refractivity contribution >= 4 is 17.6 Å². The van der Waals surface area contributed by atoms with Crippen LogP contribution in [-0.4, -0.2) is 43.6 Å². The number of amides is 3. The Morgan fingerprint density at radius 2 is 2.00 bits per heavy atom. The topological polar surface area (TPSA) is 83.8 Å². The van der Waals surface area contributed by atoms with Crippen LogP contribution in [0.2, 0.25) is 0 Å². The summed E-state index contributed by atoms with van der Waals surface area (Å²) in [5, 5.41) is 5.70. The first-order chi connectivity index (χ1) is 12.7. The molecular weight excluding hydrogens is 334 g/mol. The summed E-state index contributed by atoms with van der Waals surface area (Å²) in [6, 6.07) is 8.69. The molecule has 2 N–H and O–H groups in total. The molecule has 0 radical (unpaired) electrons. The van der Waals surface area contributed by atoms with Gasteiger partial charge in [0.15, 0.2) is 0 Å². The number of urea groups is 1. The maximum Gasteiger partial charge on any atom is 0.319 e. The molecule has 138 valence electrons. The second kappa shape index (κ2) is 8.42. The fourth-order valence-corrected chi connectivity index (χ4v) is 3.06. The van der Waals surface area contributed by atoms with Gasteiger partial charge in [-0.05, 0) is 37.0 Å². The van der Waals surface area contributed by atoms with Gasteiger partial charge in [0.1, 0.15) is 12.0 Å². The Hall–Kier alpha value is -2.96. The summed E-state index contributed by atoms with van der Waals surface area (Å²) >= 11 is 0. The van der Waals surface area contributed by atoms with E-state index in [1.807, 2.05) is 17.0 Å². The Morgan fingerprint density at radius 3 is 2.69 bits per heavy atom. The smallest absolute Gasteiger partial charge is 0.319 e. The van der Waals surface area contributed by atoms with Gasteiger partial charge in [0.05, 0.1) is 24.6 Å². The molecule has 1 saturated heterocycles. The number of carbonyl (C=O) groups excluding carboxylic acids is 2. The summed E-state index contributed by atoms with van der Waals surface area (Å²) in [7, 11) is 1.57. The number of nitrogens with zero attached hydrogens (tertiary/aromatic N) is 1. The summed E-state index contributed by atoms with van der Waals surface area (Å²) in [5.74, 6) is 0.972. The summed E-state index contributed by atoms with van der Waals surface area (Å²) in [4.78, 5) is 26.2. The van der Waals surface area contributed by atoms with E-state index in [0.717, 1.165) is 12.8 Å². The molecule has 7 heteroatoms. The van der Waals surface area contributed by atoms with Crippen molar-refractivity contribution < 1.29 is 18.7 Å². The lowest BCUT2D eigenvalue weighted by Gasteiger charge is -2.31. The molecule has 1 aliphatic rings. The van der Waals surface area contributed by atoms with Gasteiger partial charge in [-0.2, -0.15) is 0 Å². The lowest BCUT2D eigenvalue weighted by Crippen LogP contribution is -2.42. The number of carbonyl (C=O) groups is 2. The molecule has 0 spiro atoms. The zero-order valence-corrected chi connectivity index (χ0v) is 14.7. The van der Waals surface area contributed by atoms with Crippen LogP contribution in [0.25, 0.3) is 0 Å². The second-order valence-electron chi connectivity index (χ2n) is 6.28. The number of hydrogen-bond donors (Lipinski definition) is 2. The zero-order valence-electron chi connectivity index (χ0n) is 14.7. The van der Waals surface area contributed by atoms with Crippen LogP contribution >= 0.6 is 0 Å². The normalized spacial score (nSPS) is 14.7. The van der Waals surface area contributed by atoms with E-state index >= 15 is 0 Å². The first kappa shape index (κ1) is 17.8. The minimum atomic E-state index is -0.258. The molecule has 0 saturated carbocycles. The van der Waals surface area contributed by atoms with E-state index in [4.69, 9.17) is 9.15 Å². The highest BCUT2D eigenvalue weighted by Crippen LogP contribution is 2.23. The molecule has 2 aromatic rings. The third-order valence-corrected chi connectivity index (χ3v) is 4.58. The second-order valence-corrected chi connectivity index (χ2v) is 6.28. The van der Waals surface area contributed by atoms with Gasteiger partial charge in [-0.3, -0.25) is 4.79 Å². The minimum Gasteiger partial charge on any atom is -0.495 e. The van der Waals surface area contributed by atoms with Crippen LogP contribution in [-0.2, 0) is 0 Å². The van der Waals surface area contributed by atoms with Gasteiger partial charge in [0.2, 0.25) is 0 Å². The third kappa shape index (κ3) is 4.36. The average molecular weight is 357 g/mol. The van der Waals surface area contributed by atoms with Crippen molar-refractivity contribution in [3.8, 4) is 5.75 Å². The predicted molar refractivity (Wildman–Crippen MR) is 97.4 cm³/mol. The summed E-state index contributed by atoms with van der Waals surface area (Å²) in [6.07, 6.45) is 4.69. The molecule has 0 aliphatic carbocycles. The molecule has 7 nitrogen and oxygen atoms in total. The molecular formula is C19H23N3O4. The number of likely N-dealkylation sites (tertiary alicyclic amines) is 1. The highest BCUT2D eigenvalue weighted by atomic mass is 16.5. The van der Waals surface area contributed by atoms with Crippen molar-refractivity contribution in [1.29, 1.82) is 0 Å². The fraction of sp³-hybridized carbons (Fsp3) is 0.368. The van der Waals surface area contributed by atoms with E-state index in [0.29, 0.717) is 42.6 Å². The molecule has 0 atom stereocenters. The van der Waals surface area contributed by atoms with Crippen LogP contribution in [0.4, 0.5) is 10.5 Å². The molecule has 1 fully saturated rings. The summed E-state index contributed by atoms with van der Waals surface area (Å²) < 4.78 is 10.2. The van der Waals surface area contributed by atoms with Gasteiger partial charge in [-0.15, -0.1) is 0 Å². The van der Waals surface area contributed by atoms with Crippen LogP contribution in [0.15, 0.2) is 47.3 Å². The highest BCUT2D eigenvalue weighted by molar-refractivity contribution is 5.94. The lowest BCUT2D eigenvalue weighted by molar-refractivity contribution is 0.0690. The number of furan rings is 1. The van der Waals surface area contributed by atoms with Crippen molar-refractivity contribution in [2.45, 2.75) is 12.8 Å². The first-order valence-electron chi connectivity index (χ1n) is 8.66. The van der Waals surface area contributed by atoms with E-state index in [9.17, 15) is 9.59 Å². The van der Waals surface area contributed by atoms with E-state index in [-0.39, 0.29) is 11.9 Å². The van der Waals surface area contributed by atoms with Crippen molar-refractivity contribution in [3.63, 3.8) is 0 Å². The molecule has 0 unspecified atom stereocenters. The third-order valence-electron chi connectivity index (χ3n) is 4.58. The van der Waals surface area contributed by atoms with E-state index < -0.39 is 0 Å². The van der Waals surface area contributed by atoms with Crippen LogP contribution in [0.3, 0.4) is 0 Å². The maximum absolute atomic E-state index is 12.3. The van der Waals surface area contributed by atoms with Gasteiger partial charge in [0, 0.05) is 19.6 Å². The van der Waals surface area contributed by atoms with Gasteiger partial charge < -0.3 is 24.7 Å². The number of benzene rings is 1. The zero-order chi connectivity index (χ0) is 18.4. The van der Waals surface area contributed by atoms with E-state index in [2.05, 4.69) is 10.6 Å². The van der Waals surface area contributed by atoms with Crippen LogP contribution in [0, 0.1) is 5.92 Å². The number of rotatable bonds is 5. The average Bonchev–Trinajstić information content (AvgIpc) is 3.21. The van der Waals surface area contributed by atoms with Gasteiger partial charge >= 0.3 is 6.03 Å². The Kier molecular flexibility index (Phi) is 5.78. The number of nitrogens with one attached hydrogen (secondary N) is 2. The van der Waals surface area contributed by atoms with Crippen molar-refractivity contribution in [3.05, 3.63) is 48.4 Å². The molecule has 3 rings (SSSR count). The predicted octanol–water partition coefficient (Wildman–Crippen LogP) is 2.96. The standard InChI is InChI=1S/C19H23N3O4/c1-25-17-5-3-2-4-16(17)21-19(24)20-12-14-6-9-22(10-7-14)18(23)15-8-11-26-13-15/h2-5,8,11,13-14H,6-7,9-10,12H2,1H3,(H2,20,21,24). The van der Waals surface area contributed by atoms with Gasteiger partial charge in [-0.1, -0.05) is 12.1 Å². The molecule has 2 heterocycles.